The Morgan fingerprint density at radius 1 is 0.979 bits per heavy atom. The number of hydrogen-bond acceptors (Lipinski definition) is 9. The fourth-order valence-corrected chi connectivity index (χ4v) is 4.05. The second-order valence-corrected chi connectivity index (χ2v) is 10.1. The van der Waals surface area contributed by atoms with E-state index in [1.54, 1.807) is 6.07 Å². The van der Waals surface area contributed by atoms with Crippen molar-refractivity contribution >= 4 is 17.8 Å². The van der Waals surface area contributed by atoms with Crippen molar-refractivity contribution < 1.29 is 50.1 Å². The molecule has 1 unspecified atom stereocenters. The van der Waals surface area contributed by atoms with E-state index in [2.05, 4.69) is 35.4 Å². The fourth-order valence-electron chi connectivity index (χ4n) is 4.05. The normalized spacial score (nSPS) is 12.2. The summed E-state index contributed by atoms with van der Waals surface area (Å²) in [5.74, 6) is -1.38. The molecule has 256 valence electrons. The van der Waals surface area contributed by atoms with Crippen molar-refractivity contribution in [2.45, 2.75) is 58.2 Å². The lowest BCUT2D eigenvalue weighted by atomic mass is 10.2. The first kappa shape index (κ1) is 35.2. The van der Waals surface area contributed by atoms with Crippen LogP contribution >= 0.6 is 0 Å². The average Bonchev–Trinajstić information content (AvgIpc) is 3.45. The van der Waals surface area contributed by atoms with Gasteiger partial charge in [0.25, 0.3) is 5.91 Å². The molecule has 0 radical (unpaired) electrons. The predicted octanol–water partition coefficient (Wildman–Crippen LogP) is 4.83. The lowest BCUT2D eigenvalue weighted by Crippen LogP contribution is -2.26. The summed E-state index contributed by atoms with van der Waals surface area (Å²) in [7, 11) is 0. The van der Waals surface area contributed by atoms with Crippen molar-refractivity contribution in [1.82, 2.24) is 29.9 Å². The lowest BCUT2D eigenvalue weighted by Gasteiger charge is -2.13. The number of halogens is 6. The minimum absolute atomic E-state index is 0.0270. The van der Waals surface area contributed by atoms with Crippen LogP contribution in [0.3, 0.4) is 0 Å². The monoisotopic (exact) mass is 683 g/mol. The van der Waals surface area contributed by atoms with Gasteiger partial charge in [-0.15, -0.1) is 18.3 Å². The number of nitrogens with one attached hydrogen (secondary N) is 2. The van der Waals surface area contributed by atoms with Gasteiger partial charge in [-0.1, -0.05) is 29.5 Å². The van der Waals surface area contributed by atoms with Gasteiger partial charge in [-0.3, -0.25) is 14.7 Å². The molecule has 0 bridgehead atoms. The van der Waals surface area contributed by atoms with Gasteiger partial charge in [0.2, 0.25) is 0 Å². The summed E-state index contributed by atoms with van der Waals surface area (Å²) in [5, 5.41) is 12.2. The average molecular weight is 684 g/mol. The standard InChI is InChI=1S/C29H27F6N7O6/c1-28(31,32)47-21-6-2-4-18(12-21)14-36-25(43)23-16-42(40-39-23)15-20(30)8-10-41-11-9-24(37-26(41)44)38-27(45)46-17-19-5-3-7-22(13-19)48-29(33,34)35/h2-7,9,11-13,16,20H,8,10,14-15,17H2,1H3,(H,36,43)(H,37,38,44,45). The number of carbonyl (C=O) groups is 2. The summed E-state index contributed by atoms with van der Waals surface area (Å²) < 4.78 is 93.5. The summed E-state index contributed by atoms with van der Waals surface area (Å²) in [6.07, 6.45) is -8.46. The summed E-state index contributed by atoms with van der Waals surface area (Å²) in [6, 6.07) is 11.9. The molecule has 1 atom stereocenters. The van der Waals surface area contributed by atoms with E-state index in [0.29, 0.717) is 12.5 Å². The Morgan fingerprint density at radius 2 is 1.67 bits per heavy atom. The molecular weight excluding hydrogens is 656 g/mol. The highest BCUT2D eigenvalue weighted by Crippen LogP contribution is 2.24. The number of anilines is 1. The van der Waals surface area contributed by atoms with Gasteiger partial charge in [-0.2, -0.15) is 13.8 Å². The van der Waals surface area contributed by atoms with Gasteiger partial charge in [-0.25, -0.2) is 18.7 Å². The third-order valence-corrected chi connectivity index (χ3v) is 6.09. The first-order chi connectivity index (χ1) is 22.6. The van der Waals surface area contributed by atoms with E-state index in [4.69, 9.17) is 4.74 Å². The molecular formula is C29H27F6N7O6. The third kappa shape index (κ3) is 11.6. The molecule has 0 aliphatic heterocycles. The maximum atomic E-state index is 14.7. The van der Waals surface area contributed by atoms with Crippen LogP contribution in [0.4, 0.5) is 37.0 Å². The van der Waals surface area contributed by atoms with Crippen molar-refractivity contribution in [3.8, 4) is 11.5 Å². The molecule has 0 fully saturated rings. The molecule has 0 saturated carbocycles. The van der Waals surface area contributed by atoms with E-state index in [9.17, 15) is 40.7 Å². The number of carbonyl (C=O) groups excluding carboxylic acids is 2. The molecule has 0 aliphatic rings. The Labute approximate surface area is 267 Å². The van der Waals surface area contributed by atoms with Gasteiger partial charge in [0.05, 0.1) is 12.7 Å². The summed E-state index contributed by atoms with van der Waals surface area (Å²) in [5.41, 5.74) is -0.226. The van der Waals surface area contributed by atoms with Crippen LogP contribution in [0, 0.1) is 0 Å². The topological polar surface area (TPSA) is 151 Å². The van der Waals surface area contributed by atoms with E-state index in [0.717, 1.165) is 21.4 Å². The molecule has 13 nitrogen and oxygen atoms in total. The first-order valence-corrected chi connectivity index (χ1v) is 14.0. The number of aromatic nitrogens is 5. The highest BCUT2D eigenvalue weighted by Gasteiger charge is 2.31. The zero-order valence-corrected chi connectivity index (χ0v) is 24.9. The van der Waals surface area contributed by atoms with Gasteiger partial charge in [0, 0.05) is 26.2 Å². The first-order valence-electron chi connectivity index (χ1n) is 14.0. The summed E-state index contributed by atoms with van der Waals surface area (Å²) >= 11 is 0. The van der Waals surface area contributed by atoms with Gasteiger partial charge in [-0.05, 0) is 47.9 Å². The fraction of sp³-hybridized carbons (Fsp3) is 0.310. The number of aryl methyl sites for hydroxylation is 1. The van der Waals surface area contributed by atoms with Crippen LogP contribution in [0.1, 0.15) is 35.0 Å². The maximum absolute atomic E-state index is 14.7. The molecule has 2 aromatic carbocycles. The molecule has 4 rings (SSSR count). The minimum Gasteiger partial charge on any atom is -0.444 e. The largest absolute Gasteiger partial charge is 0.573 e. The number of hydrogen-bond donors (Lipinski definition) is 2. The molecule has 2 heterocycles. The molecule has 0 saturated heterocycles. The second-order valence-electron chi connectivity index (χ2n) is 10.1. The molecule has 2 amide bonds. The Bertz CT molecular complexity index is 1780. The smallest absolute Gasteiger partial charge is 0.444 e. The zero-order valence-electron chi connectivity index (χ0n) is 24.9. The van der Waals surface area contributed by atoms with Crippen molar-refractivity contribution in [2.75, 3.05) is 5.32 Å². The van der Waals surface area contributed by atoms with Crippen LogP contribution in [0.15, 0.2) is 71.8 Å². The van der Waals surface area contributed by atoms with Crippen LogP contribution in [0.25, 0.3) is 0 Å². The van der Waals surface area contributed by atoms with E-state index >= 15 is 0 Å². The van der Waals surface area contributed by atoms with Crippen LogP contribution < -0.4 is 25.8 Å². The number of nitrogens with zero attached hydrogens (tertiary/aromatic N) is 5. The van der Waals surface area contributed by atoms with Crippen molar-refractivity contribution in [3.63, 3.8) is 0 Å². The Morgan fingerprint density at radius 3 is 2.35 bits per heavy atom. The van der Waals surface area contributed by atoms with Gasteiger partial charge in [0.15, 0.2) is 5.69 Å². The van der Waals surface area contributed by atoms with Gasteiger partial charge >= 0.3 is 24.3 Å². The number of alkyl halides is 6. The second kappa shape index (κ2) is 15.3. The Kier molecular flexibility index (Phi) is 11.2. The zero-order chi connectivity index (χ0) is 34.9. The highest BCUT2D eigenvalue weighted by molar-refractivity contribution is 5.91. The van der Waals surface area contributed by atoms with E-state index in [1.807, 2.05) is 0 Å². The number of ether oxygens (including phenoxy) is 3. The summed E-state index contributed by atoms with van der Waals surface area (Å²) in [6.45, 7) is -0.210. The molecule has 2 N–H and O–H groups in total. The van der Waals surface area contributed by atoms with Crippen molar-refractivity contribution in [2.24, 2.45) is 0 Å². The quantitative estimate of drug-likeness (QED) is 0.178. The lowest BCUT2D eigenvalue weighted by molar-refractivity contribution is -0.274. The van der Waals surface area contributed by atoms with Crippen LogP contribution in [0.5, 0.6) is 11.5 Å². The van der Waals surface area contributed by atoms with Gasteiger partial charge < -0.3 is 19.5 Å². The number of amides is 2. The van der Waals surface area contributed by atoms with Crippen LogP contribution in [-0.2, 0) is 31.0 Å². The third-order valence-electron chi connectivity index (χ3n) is 6.09. The van der Waals surface area contributed by atoms with Crippen LogP contribution in [-0.4, -0.2) is 55.2 Å². The minimum atomic E-state index is -4.88. The van der Waals surface area contributed by atoms with E-state index < -0.39 is 48.7 Å². The molecule has 0 aliphatic carbocycles. The molecule has 19 heteroatoms. The molecule has 4 aromatic rings. The SMILES string of the molecule is CC(F)(F)Oc1cccc(CNC(=O)c2cn(CC(F)CCn3ccc(NC(=O)OCc4cccc(OC(F)(F)F)c4)nc3=O)nn2)c1. The van der Waals surface area contributed by atoms with Crippen LogP contribution in [0.2, 0.25) is 0 Å². The van der Waals surface area contributed by atoms with Crippen molar-refractivity contribution in [3.05, 3.63) is 94.3 Å². The van der Waals surface area contributed by atoms with E-state index in [1.165, 1.54) is 48.8 Å². The number of rotatable bonds is 14. The summed E-state index contributed by atoms with van der Waals surface area (Å²) in [4.78, 5) is 40.6. The van der Waals surface area contributed by atoms with E-state index in [-0.39, 0.29) is 48.9 Å². The molecule has 0 spiro atoms. The highest BCUT2D eigenvalue weighted by atomic mass is 19.4. The Balaban J connectivity index is 1.20. The van der Waals surface area contributed by atoms with Crippen molar-refractivity contribution in [1.29, 1.82) is 0 Å². The number of benzene rings is 2. The maximum Gasteiger partial charge on any atom is 0.573 e. The molecule has 2 aromatic heterocycles. The predicted molar refractivity (Wildman–Crippen MR) is 154 cm³/mol. The van der Waals surface area contributed by atoms with Gasteiger partial charge in [0.1, 0.15) is 30.1 Å². The molecule has 48 heavy (non-hydrogen) atoms. The Hall–Kier alpha value is -5.62.